The average Bonchev–Trinajstić information content (AvgIpc) is 2.86. The van der Waals surface area contributed by atoms with Gasteiger partial charge in [-0.2, -0.15) is 4.37 Å². The van der Waals surface area contributed by atoms with Gasteiger partial charge in [-0.3, -0.25) is 4.79 Å². The molecule has 0 atom stereocenters. The van der Waals surface area contributed by atoms with Crippen LogP contribution in [0.2, 0.25) is 0 Å². The number of rotatable bonds is 5. The smallest absolute Gasteiger partial charge is 0.174 e. The third-order valence-corrected chi connectivity index (χ3v) is 4.34. The predicted octanol–water partition coefficient (Wildman–Crippen LogP) is 3.84. The van der Waals surface area contributed by atoms with Crippen molar-refractivity contribution in [3.8, 4) is 0 Å². The van der Waals surface area contributed by atoms with Crippen molar-refractivity contribution in [1.29, 1.82) is 0 Å². The maximum Gasteiger partial charge on any atom is 0.174 e. The molecule has 1 aromatic carbocycles. The van der Waals surface area contributed by atoms with Gasteiger partial charge in [0.2, 0.25) is 0 Å². The van der Waals surface area contributed by atoms with Crippen LogP contribution in [-0.4, -0.2) is 15.1 Å². The Morgan fingerprint density at radius 1 is 1.33 bits per heavy atom. The lowest BCUT2D eigenvalue weighted by atomic mass is 10.1. The monoisotopic (exact) mass is 278 g/mol. The number of benzene rings is 1. The Bertz CT molecular complexity index is 551. The number of hydrogen-bond donors (Lipinski definition) is 0. The number of aromatic nitrogens is 2. The second kappa shape index (κ2) is 6.11. The summed E-state index contributed by atoms with van der Waals surface area (Å²) in [5.41, 5.74) is 0.776. The highest BCUT2D eigenvalue weighted by molar-refractivity contribution is 8.01. The SMILES string of the molecule is CCC(=O)c1ccccc1Sc1nc(CC)ns1. The van der Waals surface area contributed by atoms with E-state index in [1.165, 1.54) is 23.3 Å². The summed E-state index contributed by atoms with van der Waals surface area (Å²) in [4.78, 5) is 17.2. The van der Waals surface area contributed by atoms with Crippen LogP contribution < -0.4 is 0 Å². The number of hydrogen-bond acceptors (Lipinski definition) is 5. The number of carbonyl (C=O) groups excluding carboxylic acids is 1. The topological polar surface area (TPSA) is 42.9 Å². The van der Waals surface area contributed by atoms with Crippen molar-refractivity contribution in [3.05, 3.63) is 35.7 Å². The first kappa shape index (κ1) is 13.2. The van der Waals surface area contributed by atoms with E-state index in [1.54, 1.807) is 0 Å². The zero-order valence-corrected chi connectivity index (χ0v) is 12.0. The summed E-state index contributed by atoms with van der Waals surface area (Å²) in [7, 11) is 0. The minimum absolute atomic E-state index is 0.165. The van der Waals surface area contributed by atoms with Crippen LogP contribution in [0.15, 0.2) is 33.5 Å². The Morgan fingerprint density at radius 2 is 2.11 bits per heavy atom. The van der Waals surface area contributed by atoms with Crippen LogP contribution in [0.1, 0.15) is 36.5 Å². The van der Waals surface area contributed by atoms with Gasteiger partial charge in [0, 0.05) is 23.3 Å². The van der Waals surface area contributed by atoms with Gasteiger partial charge in [0.15, 0.2) is 10.1 Å². The molecule has 18 heavy (non-hydrogen) atoms. The quantitative estimate of drug-likeness (QED) is 0.779. The van der Waals surface area contributed by atoms with E-state index < -0.39 is 0 Å². The first-order valence-corrected chi connectivity index (χ1v) is 7.46. The molecular weight excluding hydrogens is 264 g/mol. The van der Waals surface area contributed by atoms with Crippen LogP contribution in [0.25, 0.3) is 0 Å². The summed E-state index contributed by atoms with van der Waals surface area (Å²) in [5.74, 6) is 1.03. The second-order valence-corrected chi connectivity index (χ2v) is 5.75. The van der Waals surface area contributed by atoms with Crippen LogP contribution in [0.4, 0.5) is 0 Å². The highest BCUT2D eigenvalue weighted by Gasteiger charge is 2.12. The number of Topliss-reactive ketones (excluding diaryl/α,β-unsaturated/α-hetero) is 1. The van der Waals surface area contributed by atoms with Crippen molar-refractivity contribution in [2.45, 2.75) is 35.9 Å². The number of aryl methyl sites for hydroxylation is 1. The van der Waals surface area contributed by atoms with Gasteiger partial charge in [-0.25, -0.2) is 4.98 Å². The van der Waals surface area contributed by atoms with Crippen LogP contribution in [-0.2, 0) is 6.42 Å². The van der Waals surface area contributed by atoms with Gasteiger partial charge in [0.25, 0.3) is 0 Å². The fourth-order valence-electron chi connectivity index (χ4n) is 1.49. The molecular formula is C13H14N2OS2. The molecule has 1 aromatic heterocycles. The predicted molar refractivity (Wildman–Crippen MR) is 74.5 cm³/mol. The van der Waals surface area contributed by atoms with E-state index in [0.29, 0.717) is 6.42 Å². The Hall–Kier alpha value is -1.20. The normalized spacial score (nSPS) is 10.6. The molecule has 94 valence electrons. The molecule has 1 heterocycles. The molecule has 0 fully saturated rings. The van der Waals surface area contributed by atoms with Gasteiger partial charge in [-0.1, -0.05) is 43.8 Å². The summed E-state index contributed by atoms with van der Waals surface area (Å²) >= 11 is 2.91. The van der Waals surface area contributed by atoms with E-state index in [1.807, 2.05) is 38.1 Å². The molecule has 0 radical (unpaired) electrons. The van der Waals surface area contributed by atoms with Crippen molar-refractivity contribution in [3.63, 3.8) is 0 Å². The Labute approximate surface area is 115 Å². The molecule has 2 rings (SSSR count). The highest BCUT2D eigenvalue weighted by atomic mass is 32.2. The minimum Gasteiger partial charge on any atom is -0.294 e. The Morgan fingerprint density at radius 3 is 2.78 bits per heavy atom. The van der Waals surface area contributed by atoms with Gasteiger partial charge in [0.1, 0.15) is 5.82 Å². The highest BCUT2D eigenvalue weighted by Crippen LogP contribution is 2.32. The van der Waals surface area contributed by atoms with E-state index in [-0.39, 0.29) is 5.78 Å². The molecule has 2 aromatic rings. The number of carbonyl (C=O) groups is 1. The molecule has 0 bridgehead atoms. The summed E-state index contributed by atoms with van der Waals surface area (Å²) in [6, 6.07) is 7.66. The van der Waals surface area contributed by atoms with Crippen molar-refractivity contribution in [1.82, 2.24) is 9.36 Å². The molecule has 0 aliphatic rings. The van der Waals surface area contributed by atoms with Gasteiger partial charge >= 0.3 is 0 Å². The van der Waals surface area contributed by atoms with Crippen LogP contribution in [0, 0.1) is 0 Å². The maximum atomic E-state index is 11.8. The third kappa shape index (κ3) is 2.97. The third-order valence-electron chi connectivity index (χ3n) is 2.47. The summed E-state index contributed by atoms with van der Waals surface area (Å²) in [6.07, 6.45) is 1.36. The second-order valence-electron chi connectivity index (χ2n) is 3.71. The maximum absolute atomic E-state index is 11.8. The van der Waals surface area contributed by atoms with E-state index in [0.717, 1.165) is 27.0 Å². The van der Waals surface area contributed by atoms with E-state index in [9.17, 15) is 4.79 Å². The van der Waals surface area contributed by atoms with Gasteiger partial charge in [0.05, 0.1) is 0 Å². The van der Waals surface area contributed by atoms with Crippen molar-refractivity contribution < 1.29 is 4.79 Å². The zero-order chi connectivity index (χ0) is 13.0. The van der Waals surface area contributed by atoms with E-state index in [4.69, 9.17) is 0 Å². The molecule has 5 heteroatoms. The summed E-state index contributed by atoms with van der Waals surface area (Å²) in [6.45, 7) is 3.91. The van der Waals surface area contributed by atoms with Crippen LogP contribution in [0.5, 0.6) is 0 Å². The molecule has 0 spiro atoms. The van der Waals surface area contributed by atoms with Crippen molar-refractivity contribution in [2.24, 2.45) is 0 Å². The molecule has 0 amide bonds. The zero-order valence-electron chi connectivity index (χ0n) is 10.3. The first-order chi connectivity index (χ1) is 8.74. The van der Waals surface area contributed by atoms with Crippen LogP contribution in [0.3, 0.4) is 0 Å². The fraction of sp³-hybridized carbons (Fsp3) is 0.308. The van der Waals surface area contributed by atoms with Gasteiger partial charge < -0.3 is 0 Å². The number of ketones is 1. The first-order valence-electron chi connectivity index (χ1n) is 5.87. The largest absolute Gasteiger partial charge is 0.294 e. The molecule has 0 saturated heterocycles. The molecule has 0 aliphatic heterocycles. The lowest BCUT2D eigenvalue weighted by Crippen LogP contribution is -1.98. The lowest BCUT2D eigenvalue weighted by Gasteiger charge is -2.04. The molecule has 3 nitrogen and oxygen atoms in total. The standard InChI is InChI=1S/C13H14N2OS2/c1-3-10(16)9-7-5-6-8-11(9)17-13-14-12(4-2)15-18-13/h5-8H,3-4H2,1-2H3. The van der Waals surface area contributed by atoms with E-state index in [2.05, 4.69) is 9.36 Å². The van der Waals surface area contributed by atoms with Crippen LogP contribution >= 0.6 is 23.3 Å². The average molecular weight is 278 g/mol. The molecule has 0 saturated carbocycles. The van der Waals surface area contributed by atoms with E-state index >= 15 is 0 Å². The number of nitrogens with zero attached hydrogens (tertiary/aromatic N) is 2. The lowest BCUT2D eigenvalue weighted by molar-refractivity contribution is 0.0985. The Balaban J connectivity index is 2.25. The Kier molecular flexibility index (Phi) is 4.49. The molecule has 0 unspecified atom stereocenters. The molecule has 0 N–H and O–H groups in total. The minimum atomic E-state index is 0.165. The fourth-order valence-corrected chi connectivity index (χ4v) is 3.30. The van der Waals surface area contributed by atoms with Gasteiger partial charge in [-0.15, -0.1) is 0 Å². The van der Waals surface area contributed by atoms with Crippen molar-refractivity contribution >= 4 is 29.1 Å². The summed E-state index contributed by atoms with van der Waals surface area (Å²) in [5, 5.41) is 0. The molecule has 0 aliphatic carbocycles. The van der Waals surface area contributed by atoms with Gasteiger partial charge in [-0.05, 0) is 17.6 Å². The van der Waals surface area contributed by atoms with Crippen molar-refractivity contribution in [2.75, 3.05) is 0 Å². The summed E-state index contributed by atoms with van der Waals surface area (Å²) < 4.78 is 5.14.